The minimum atomic E-state index is 0.0478. The molecule has 1 amide bonds. The van der Waals surface area contributed by atoms with Crippen molar-refractivity contribution in [1.82, 2.24) is 9.88 Å². The minimum absolute atomic E-state index is 0.0478. The zero-order chi connectivity index (χ0) is 13.0. The molecular formula is C12H14BrClN2O2. The summed E-state index contributed by atoms with van der Waals surface area (Å²) >= 11 is 9.05. The molecule has 2 rings (SSSR count). The van der Waals surface area contributed by atoms with Crippen molar-refractivity contribution in [3.63, 3.8) is 0 Å². The van der Waals surface area contributed by atoms with Crippen LogP contribution in [0.2, 0.25) is 5.02 Å². The van der Waals surface area contributed by atoms with E-state index in [-0.39, 0.29) is 12.0 Å². The van der Waals surface area contributed by atoms with E-state index >= 15 is 0 Å². The van der Waals surface area contributed by atoms with E-state index in [9.17, 15) is 4.79 Å². The molecule has 0 bridgehead atoms. The van der Waals surface area contributed by atoms with Gasteiger partial charge in [-0.2, -0.15) is 0 Å². The highest BCUT2D eigenvalue weighted by Crippen LogP contribution is 2.18. The Kier molecular flexibility index (Phi) is 4.83. The summed E-state index contributed by atoms with van der Waals surface area (Å²) in [5.41, 5.74) is 0. The smallest absolute Gasteiger partial charge is 0.222 e. The first-order valence-corrected chi connectivity index (χ1v) is 7.31. The Hall–Kier alpha value is -0.810. The summed E-state index contributed by atoms with van der Waals surface area (Å²) in [7, 11) is 0. The molecule has 0 N–H and O–H groups in total. The van der Waals surface area contributed by atoms with E-state index < -0.39 is 0 Å². The van der Waals surface area contributed by atoms with Gasteiger partial charge < -0.3 is 9.64 Å². The molecule has 1 fully saturated rings. The minimum Gasteiger partial charge on any atom is -0.471 e. The Morgan fingerprint density at radius 2 is 2.33 bits per heavy atom. The van der Waals surface area contributed by atoms with Crippen LogP contribution >= 0.6 is 27.5 Å². The molecule has 1 aliphatic rings. The van der Waals surface area contributed by atoms with Crippen LogP contribution in [0.1, 0.15) is 12.8 Å². The molecule has 2 heterocycles. The maximum absolute atomic E-state index is 11.6. The number of nitrogens with zero attached hydrogens (tertiary/aromatic N) is 2. The number of halogens is 2. The van der Waals surface area contributed by atoms with Crippen LogP contribution < -0.4 is 4.74 Å². The lowest BCUT2D eigenvalue weighted by Crippen LogP contribution is -2.56. The predicted octanol–water partition coefficient (Wildman–Crippen LogP) is 2.50. The molecule has 1 aromatic heterocycles. The summed E-state index contributed by atoms with van der Waals surface area (Å²) in [4.78, 5) is 17.5. The van der Waals surface area contributed by atoms with E-state index in [4.69, 9.17) is 16.3 Å². The summed E-state index contributed by atoms with van der Waals surface area (Å²) < 4.78 is 5.62. The molecule has 1 aliphatic heterocycles. The molecular weight excluding hydrogens is 320 g/mol. The van der Waals surface area contributed by atoms with Gasteiger partial charge in [-0.1, -0.05) is 27.5 Å². The van der Waals surface area contributed by atoms with Crippen LogP contribution in [0.5, 0.6) is 5.88 Å². The Balaban J connectivity index is 1.73. The largest absolute Gasteiger partial charge is 0.471 e. The molecule has 1 saturated heterocycles. The van der Waals surface area contributed by atoms with Crippen molar-refractivity contribution in [3.8, 4) is 5.88 Å². The van der Waals surface area contributed by atoms with Gasteiger partial charge in [0.25, 0.3) is 0 Å². The van der Waals surface area contributed by atoms with E-state index in [0.29, 0.717) is 30.4 Å². The SMILES string of the molecule is O=C(CCCBr)N1CC(Oc2ccc(Cl)cn2)C1. The molecule has 0 spiro atoms. The van der Waals surface area contributed by atoms with E-state index in [0.717, 1.165) is 11.8 Å². The molecule has 0 radical (unpaired) electrons. The summed E-state index contributed by atoms with van der Waals surface area (Å²) in [6, 6.07) is 3.47. The Morgan fingerprint density at radius 3 is 2.94 bits per heavy atom. The first-order chi connectivity index (χ1) is 8.69. The van der Waals surface area contributed by atoms with Gasteiger partial charge in [-0.3, -0.25) is 4.79 Å². The topological polar surface area (TPSA) is 42.4 Å². The number of hydrogen-bond acceptors (Lipinski definition) is 3. The summed E-state index contributed by atoms with van der Waals surface area (Å²) in [5, 5.41) is 1.45. The molecule has 4 nitrogen and oxygen atoms in total. The number of alkyl halides is 1. The van der Waals surface area contributed by atoms with Gasteiger partial charge in [0.1, 0.15) is 6.10 Å². The van der Waals surface area contributed by atoms with Gasteiger partial charge in [0, 0.05) is 24.0 Å². The number of carbonyl (C=O) groups is 1. The molecule has 98 valence electrons. The number of hydrogen-bond donors (Lipinski definition) is 0. The van der Waals surface area contributed by atoms with Crippen LogP contribution in [0.3, 0.4) is 0 Å². The van der Waals surface area contributed by atoms with Crippen LogP contribution in [0.4, 0.5) is 0 Å². The molecule has 0 aromatic carbocycles. The van der Waals surface area contributed by atoms with Crippen molar-refractivity contribution in [3.05, 3.63) is 23.4 Å². The van der Waals surface area contributed by atoms with Crippen molar-refractivity contribution in [2.24, 2.45) is 0 Å². The molecule has 0 aliphatic carbocycles. The fraction of sp³-hybridized carbons (Fsp3) is 0.500. The highest BCUT2D eigenvalue weighted by atomic mass is 79.9. The van der Waals surface area contributed by atoms with Crippen molar-refractivity contribution in [1.29, 1.82) is 0 Å². The van der Waals surface area contributed by atoms with E-state index in [1.807, 2.05) is 4.90 Å². The van der Waals surface area contributed by atoms with Crippen LogP contribution in [-0.4, -0.2) is 40.3 Å². The maximum Gasteiger partial charge on any atom is 0.222 e. The lowest BCUT2D eigenvalue weighted by Gasteiger charge is -2.38. The number of pyridine rings is 1. The lowest BCUT2D eigenvalue weighted by molar-refractivity contribution is -0.140. The van der Waals surface area contributed by atoms with Crippen molar-refractivity contribution < 1.29 is 9.53 Å². The quantitative estimate of drug-likeness (QED) is 0.778. The maximum atomic E-state index is 11.6. The third-order valence-electron chi connectivity index (χ3n) is 2.71. The van der Waals surface area contributed by atoms with Gasteiger partial charge in [-0.05, 0) is 12.5 Å². The number of likely N-dealkylation sites (tertiary alicyclic amines) is 1. The number of rotatable bonds is 5. The van der Waals surface area contributed by atoms with Crippen molar-refractivity contribution >= 4 is 33.4 Å². The zero-order valence-corrected chi connectivity index (χ0v) is 12.2. The van der Waals surface area contributed by atoms with Gasteiger partial charge in [-0.25, -0.2) is 4.98 Å². The van der Waals surface area contributed by atoms with E-state index in [2.05, 4.69) is 20.9 Å². The lowest BCUT2D eigenvalue weighted by atomic mass is 10.1. The van der Waals surface area contributed by atoms with Crippen LogP contribution in [0.25, 0.3) is 0 Å². The normalized spacial score (nSPS) is 15.3. The molecule has 1 aromatic rings. The fourth-order valence-corrected chi connectivity index (χ4v) is 2.09. The van der Waals surface area contributed by atoms with Gasteiger partial charge in [0.05, 0.1) is 18.1 Å². The van der Waals surface area contributed by atoms with Gasteiger partial charge in [0.2, 0.25) is 11.8 Å². The predicted molar refractivity (Wildman–Crippen MR) is 73.3 cm³/mol. The molecule has 0 saturated carbocycles. The third-order valence-corrected chi connectivity index (χ3v) is 3.50. The van der Waals surface area contributed by atoms with Gasteiger partial charge in [-0.15, -0.1) is 0 Å². The number of aromatic nitrogens is 1. The number of ether oxygens (including phenoxy) is 1. The first kappa shape index (κ1) is 13.6. The Morgan fingerprint density at radius 1 is 1.56 bits per heavy atom. The average Bonchev–Trinajstić information content (AvgIpc) is 2.32. The van der Waals surface area contributed by atoms with Crippen LogP contribution in [0.15, 0.2) is 18.3 Å². The fourth-order valence-electron chi connectivity index (χ4n) is 1.70. The molecule has 0 unspecified atom stereocenters. The summed E-state index contributed by atoms with van der Waals surface area (Å²) in [6.07, 6.45) is 3.07. The molecule has 0 atom stereocenters. The second-order valence-electron chi connectivity index (χ2n) is 4.15. The van der Waals surface area contributed by atoms with Crippen molar-refractivity contribution in [2.75, 3.05) is 18.4 Å². The third kappa shape index (κ3) is 3.59. The van der Waals surface area contributed by atoms with Gasteiger partial charge in [0.15, 0.2) is 0 Å². The number of carbonyl (C=O) groups excluding carboxylic acids is 1. The molecule has 6 heteroatoms. The van der Waals surface area contributed by atoms with Crippen LogP contribution in [-0.2, 0) is 4.79 Å². The average molecular weight is 334 g/mol. The molecule has 18 heavy (non-hydrogen) atoms. The monoisotopic (exact) mass is 332 g/mol. The number of amides is 1. The standard InChI is InChI=1S/C12H14BrClN2O2/c13-5-1-2-12(17)16-7-10(8-16)18-11-4-3-9(14)6-15-11/h3-4,6,10H,1-2,5,7-8H2. The highest BCUT2D eigenvalue weighted by molar-refractivity contribution is 9.09. The van der Waals surface area contributed by atoms with E-state index in [1.165, 1.54) is 0 Å². The zero-order valence-electron chi connectivity index (χ0n) is 9.81. The van der Waals surface area contributed by atoms with Crippen molar-refractivity contribution in [2.45, 2.75) is 18.9 Å². The van der Waals surface area contributed by atoms with Gasteiger partial charge >= 0.3 is 0 Å². The van der Waals surface area contributed by atoms with E-state index in [1.54, 1.807) is 18.3 Å². The summed E-state index contributed by atoms with van der Waals surface area (Å²) in [6.45, 7) is 1.29. The first-order valence-electron chi connectivity index (χ1n) is 5.81. The summed E-state index contributed by atoms with van der Waals surface area (Å²) in [5.74, 6) is 0.746. The highest BCUT2D eigenvalue weighted by Gasteiger charge is 2.31. The second kappa shape index (κ2) is 6.38. The van der Waals surface area contributed by atoms with Crippen LogP contribution in [0, 0.1) is 0 Å². The Labute approximate surface area is 119 Å². The Bertz CT molecular complexity index is 407. The second-order valence-corrected chi connectivity index (χ2v) is 5.38.